The normalized spacial score (nSPS) is 15.6. The Morgan fingerprint density at radius 2 is 1.71 bits per heavy atom. The molecule has 0 aromatic heterocycles. The summed E-state index contributed by atoms with van der Waals surface area (Å²) in [6.07, 6.45) is 1.60. The van der Waals surface area contributed by atoms with E-state index in [4.69, 9.17) is 4.74 Å². The van der Waals surface area contributed by atoms with Crippen molar-refractivity contribution in [3.05, 3.63) is 59.7 Å². The number of benzene rings is 2. The highest BCUT2D eigenvalue weighted by atomic mass is 16.5. The number of phenols is 1. The second kappa shape index (κ2) is 10.5. The number of imide groups is 1. The van der Waals surface area contributed by atoms with E-state index >= 15 is 0 Å². The lowest BCUT2D eigenvalue weighted by molar-refractivity contribution is -0.127. The molecule has 3 rings (SSSR count). The lowest BCUT2D eigenvalue weighted by Gasteiger charge is -2.13. The summed E-state index contributed by atoms with van der Waals surface area (Å²) < 4.78 is 5.12. The van der Waals surface area contributed by atoms with Gasteiger partial charge in [-0.25, -0.2) is 4.79 Å². The number of hydrogen-bond donors (Lipinski definition) is 3. The Hall–Kier alpha value is -3.55. The van der Waals surface area contributed by atoms with Gasteiger partial charge >= 0.3 is 6.03 Å². The van der Waals surface area contributed by atoms with Crippen molar-refractivity contribution >= 4 is 17.8 Å². The predicted octanol–water partition coefficient (Wildman–Crippen LogP) is 2.00. The van der Waals surface area contributed by atoms with Gasteiger partial charge in [-0.1, -0.05) is 24.3 Å². The number of amides is 4. The van der Waals surface area contributed by atoms with Crippen molar-refractivity contribution in [2.75, 3.05) is 20.2 Å². The van der Waals surface area contributed by atoms with Crippen molar-refractivity contribution in [2.24, 2.45) is 0 Å². The fourth-order valence-electron chi connectivity index (χ4n) is 3.39. The van der Waals surface area contributed by atoms with Gasteiger partial charge in [0.25, 0.3) is 5.91 Å². The summed E-state index contributed by atoms with van der Waals surface area (Å²) in [7, 11) is 1.60. The number of ether oxygens (including phenoxy) is 1. The van der Waals surface area contributed by atoms with Gasteiger partial charge < -0.3 is 20.5 Å². The first kappa shape index (κ1) is 22.1. The highest BCUT2D eigenvalue weighted by molar-refractivity contribution is 6.04. The van der Waals surface area contributed by atoms with Crippen molar-refractivity contribution in [3.63, 3.8) is 0 Å². The van der Waals surface area contributed by atoms with E-state index in [1.807, 2.05) is 24.3 Å². The molecule has 2 aromatic carbocycles. The average molecular weight is 425 g/mol. The zero-order valence-electron chi connectivity index (χ0n) is 17.5. The summed E-state index contributed by atoms with van der Waals surface area (Å²) in [6, 6.07) is 13.2. The number of phenolic OH excluding ortho intramolecular Hbond substituents is 1. The van der Waals surface area contributed by atoms with Crippen LogP contribution in [0.5, 0.6) is 11.5 Å². The van der Waals surface area contributed by atoms with Gasteiger partial charge in [-0.3, -0.25) is 14.5 Å². The minimum atomic E-state index is -0.675. The van der Waals surface area contributed by atoms with E-state index in [0.717, 1.165) is 16.9 Å². The van der Waals surface area contributed by atoms with Crippen LogP contribution in [0.1, 0.15) is 24.0 Å². The van der Waals surface area contributed by atoms with Crippen molar-refractivity contribution < 1.29 is 24.2 Å². The fourth-order valence-corrected chi connectivity index (χ4v) is 3.39. The molecule has 0 bridgehead atoms. The molecule has 1 aliphatic heterocycles. The number of nitrogens with one attached hydrogen (secondary N) is 2. The lowest BCUT2D eigenvalue weighted by Crippen LogP contribution is -2.34. The molecule has 1 heterocycles. The second-order valence-electron chi connectivity index (χ2n) is 7.40. The van der Waals surface area contributed by atoms with Crippen LogP contribution >= 0.6 is 0 Å². The van der Waals surface area contributed by atoms with Crippen molar-refractivity contribution in [1.82, 2.24) is 15.5 Å². The minimum absolute atomic E-state index is 0.151. The van der Waals surface area contributed by atoms with Gasteiger partial charge in [0.2, 0.25) is 5.91 Å². The fraction of sp³-hybridized carbons (Fsp3) is 0.348. The number of carbonyl (C=O) groups is 3. The van der Waals surface area contributed by atoms with Crippen LogP contribution in [0, 0.1) is 0 Å². The molecule has 2 aromatic rings. The molecule has 0 radical (unpaired) electrons. The molecule has 0 unspecified atom stereocenters. The van der Waals surface area contributed by atoms with Crippen LogP contribution in [0.25, 0.3) is 0 Å². The van der Waals surface area contributed by atoms with Crippen LogP contribution < -0.4 is 15.4 Å². The molecule has 8 heteroatoms. The van der Waals surface area contributed by atoms with Crippen LogP contribution in [0.3, 0.4) is 0 Å². The summed E-state index contributed by atoms with van der Waals surface area (Å²) in [5.41, 5.74) is 2.00. The third kappa shape index (κ3) is 6.21. The molecule has 164 valence electrons. The van der Waals surface area contributed by atoms with Crippen LogP contribution in [-0.2, 0) is 22.4 Å². The van der Waals surface area contributed by atoms with Gasteiger partial charge in [0.1, 0.15) is 17.5 Å². The molecule has 0 aliphatic carbocycles. The van der Waals surface area contributed by atoms with E-state index in [-0.39, 0.29) is 37.0 Å². The van der Waals surface area contributed by atoms with E-state index < -0.39 is 12.1 Å². The number of methoxy groups -OCH3 is 1. The Kier molecular flexibility index (Phi) is 7.48. The first-order valence-corrected chi connectivity index (χ1v) is 10.3. The molecule has 4 amide bonds. The average Bonchev–Trinajstić information content (AvgIpc) is 3.05. The van der Waals surface area contributed by atoms with Crippen LogP contribution in [0.2, 0.25) is 0 Å². The van der Waals surface area contributed by atoms with Crippen molar-refractivity contribution in [2.45, 2.75) is 31.7 Å². The summed E-state index contributed by atoms with van der Waals surface area (Å²) in [6.45, 7) is 0.745. The number of carbonyl (C=O) groups excluding carboxylic acids is 3. The van der Waals surface area contributed by atoms with Crippen LogP contribution in [-0.4, -0.2) is 54.1 Å². The topological polar surface area (TPSA) is 108 Å². The van der Waals surface area contributed by atoms with E-state index in [1.165, 1.54) is 4.90 Å². The minimum Gasteiger partial charge on any atom is -0.508 e. The standard InChI is InChI=1S/C23H27N3O5/c1-31-19-8-4-17(5-9-19)13-15-26-22(29)20(25-23(26)30)10-11-21(28)24-14-12-16-2-6-18(27)7-3-16/h2-9,20,27H,10-15H2,1H3,(H,24,28)(H,25,30)/t20-/m1/s1. The molecule has 31 heavy (non-hydrogen) atoms. The smallest absolute Gasteiger partial charge is 0.324 e. The lowest BCUT2D eigenvalue weighted by atomic mass is 10.1. The largest absolute Gasteiger partial charge is 0.508 e. The zero-order chi connectivity index (χ0) is 22.2. The first-order valence-electron chi connectivity index (χ1n) is 10.3. The van der Waals surface area contributed by atoms with Gasteiger partial charge in [-0.15, -0.1) is 0 Å². The molecule has 0 spiro atoms. The van der Waals surface area contributed by atoms with E-state index in [1.54, 1.807) is 31.4 Å². The van der Waals surface area contributed by atoms with Gasteiger partial charge in [-0.2, -0.15) is 0 Å². The number of aromatic hydroxyl groups is 1. The number of urea groups is 1. The summed E-state index contributed by atoms with van der Waals surface area (Å²) in [5.74, 6) is 0.488. The Morgan fingerprint density at radius 1 is 1.06 bits per heavy atom. The molecule has 0 saturated carbocycles. The molecule has 1 fully saturated rings. The van der Waals surface area contributed by atoms with Gasteiger partial charge in [0, 0.05) is 19.5 Å². The summed E-state index contributed by atoms with van der Waals surface area (Å²) >= 11 is 0. The maximum atomic E-state index is 12.5. The highest BCUT2D eigenvalue weighted by Crippen LogP contribution is 2.15. The zero-order valence-corrected chi connectivity index (χ0v) is 17.5. The quantitative estimate of drug-likeness (QED) is 0.505. The Morgan fingerprint density at radius 3 is 2.39 bits per heavy atom. The molecule has 1 saturated heterocycles. The summed E-state index contributed by atoms with van der Waals surface area (Å²) in [4.78, 5) is 38.0. The molecular formula is C23H27N3O5. The summed E-state index contributed by atoms with van der Waals surface area (Å²) in [5, 5.41) is 14.8. The molecule has 3 N–H and O–H groups in total. The van der Waals surface area contributed by atoms with Crippen molar-refractivity contribution in [3.8, 4) is 11.5 Å². The monoisotopic (exact) mass is 425 g/mol. The first-order chi connectivity index (χ1) is 15.0. The molecule has 1 aliphatic rings. The maximum absolute atomic E-state index is 12.5. The van der Waals surface area contributed by atoms with Gasteiger partial charge in [0.05, 0.1) is 7.11 Å². The number of nitrogens with zero attached hydrogens (tertiary/aromatic N) is 1. The van der Waals surface area contributed by atoms with E-state index in [0.29, 0.717) is 19.4 Å². The highest BCUT2D eigenvalue weighted by Gasteiger charge is 2.37. The Bertz CT molecular complexity index is 912. The Labute approximate surface area is 181 Å². The van der Waals surface area contributed by atoms with Crippen LogP contribution in [0.15, 0.2) is 48.5 Å². The third-order valence-corrected chi connectivity index (χ3v) is 5.22. The second-order valence-corrected chi connectivity index (χ2v) is 7.40. The van der Waals surface area contributed by atoms with Crippen molar-refractivity contribution in [1.29, 1.82) is 0 Å². The van der Waals surface area contributed by atoms with E-state index in [9.17, 15) is 19.5 Å². The molecular weight excluding hydrogens is 398 g/mol. The SMILES string of the molecule is COc1ccc(CCN2C(=O)N[C@H](CCC(=O)NCCc3ccc(O)cc3)C2=O)cc1. The number of rotatable bonds is 10. The Balaban J connectivity index is 1.39. The van der Waals surface area contributed by atoms with Crippen LogP contribution in [0.4, 0.5) is 4.79 Å². The maximum Gasteiger partial charge on any atom is 0.324 e. The molecule has 8 nitrogen and oxygen atoms in total. The van der Waals surface area contributed by atoms with Gasteiger partial charge in [-0.05, 0) is 54.7 Å². The van der Waals surface area contributed by atoms with E-state index in [2.05, 4.69) is 10.6 Å². The number of hydrogen-bond acceptors (Lipinski definition) is 5. The third-order valence-electron chi connectivity index (χ3n) is 5.22. The predicted molar refractivity (Wildman–Crippen MR) is 115 cm³/mol. The molecule has 1 atom stereocenters. The van der Waals surface area contributed by atoms with Gasteiger partial charge in [0.15, 0.2) is 0 Å².